The molecule has 1 fully saturated rings. The molecule has 0 aliphatic heterocycles. The number of methoxy groups -OCH3 is 1. The molecule has 11 heteroatoms. The second-order valence-electron chi connectivity index (χ2n) is 8.81. The zero-order valence-electron chi connectivity index (χ0n) is 20.4. The maximum absolute atomic E-state index is 13.5. The highest BCUT2D eigenvalue weighted by atomic mass is 19.1. The zero-order valence-corrected chi connectivity index (χ0v) is 20.4. The first kappa shape index (κ1) is 23.5. The van der Waals surface area contributed by atoms with Crippen LogP contribution in [0.2, 0.25) is 0 Å². The van der Waals surface area contributed by atoms with E-state index >= 15 is 0 Å². The summed E-state index contributed by atoms with van der Waals surface area (Å²) in [5.74, 6) is 2.48. The number of benzene rings is 1. The molecule has 1 N–H and O–H groups in total. The van der Waals surface area contributed by atoms with Crippen molar-refractivity contribution in [2.45, 2.75) is 40.2 Å². The lowest BCUT2D eigenvalue weighted by atomic mass is 10.1. The van der Waals surface area contributed by atoms with Gasteiger partial charge in [0.1, 0.15) is 29.5 Å². The second kappa shape index (κ2) is 9.40. The third-order valence-electron chi connectivity index (χ3n) is 6.13. The molecule has 0 radical (unpaired) electrons. The number of aryl methyl sites for hydroxylation is 1. The Morgan fingerprint density at radius 1 is 1.14 bits per heavy atom. The van der Waals surface area contributed by atoms with Crippen LogP contribution in [0.4, 0.5) is 20.8 Å². The number of hydrogen-bond acceptors (Lipinski definition) is 8. The van der Waals surface area contributed by atoms with E-state index in [1.54, 1.807) is 36.7 Å². The summed E-state index contributed by atoms with van der Waals surface area (Å²) in [7, 11) is 1.25. The minimum Gasteiger partial charge on any atom is -0.437 e. The van der Waals surface area contributed by atoms with Crippen molar-refractivity contribution in [2.24, 2.45) is 5.92 Å². The van der Waals surface area contributed by atoms with E-state index in [4.69, 9.17) is 9.84 Å². The monoisotopic (exact) mass is 491 g/mol. The van der Waals surface area contributed by atoms with Gasteiger partial charge in [0, 0.05) is 23.7 Å². The Kier molecular flexibility index (Phi) is 6.13. The van der Waals surface area contributed by atoms with E-state index < -0.39 is 6.16 Å². The highest BCUT2D eigenvalue weighted by molar-refractivity contribution is 5.71. The molecule has 36 heavy (non-hydrogen) atoms. The number of nitrogens with zero attached hydrogens (tertiary/aromatic N) is 6. The summed E-state index contributed by atoms with van der Waals surface area (Å²) in [4.78, 5) is 20.4. The number of carbonyl (C=O) groups excluding carboxylic acids is 1. The van der Waals surface area contributed by atoms with Crippen LogP contribution < -0.4 is 10.1 Å². The van der Waals surface area contributed by atoms with Crippen LogP contribution >= 0.6 is 0 Å². The summed E-state index contributed by atoms with van der Waals surface area (Å²) >= 11 is 0. The maximum Gasteiger partial charge on any atom is 0.513 e. The first-order valence-corrected chi connectivity index (χ1v) is 11.6. The van der Waals surface area contributed by atoms with Crippen LogP contribution in [0.3, 0.4) is 0 Å². The van der Waals surface area contributed by atoms with E-state index in [0.29, 0.717) is 34.7 Å². The predicted octanol–water partition coefficient (Wildman–Crippen LogP) is 4.89. The zero-order chi connectivity index (χ0) is 25.4. The number of aromatic nitrogens is 6. The lowest BCUT2D eigenvalue weighted by Crippen LogP contribution is -2.10. The number of rotatable bonds is 7. The first-order chi connectivity index (χ1) is 17.3. The van der Waals surface area contributed by atoms with E-state index in [1.165, 1.54) is 38.4 Å². The Morgan fingerprint density at radius 3 is 2.58 bits per heavy atom. The molecular weight excluding hydrogens is 465 g/mol. The number of nitrogens with one attached hydrogen (secondary N) is 1. The molecule has 0 spiro atoms. The van der Waals surface area contributed by atoms with Gasteiger partial charge in [-0.1, -0.05) is 0 Å². The van der Waals surface area contributed by atoms with Crippen molar-refractivity contribution in [3.63, 3.8) is 0 Å². The van der Waals surface area contributed by atoms with Crippen LogP contribution in [0, 0.1) is 32.5 Å². The summed E-state index contributed by atoms with van der Waals surface area (Å²) < 4.78 is 26.9. The summed E-state index contributed by atoms with van der Waals surface area (Å²) in [6, 6.07) is 8.09. The van der Waals surface area contributed by atoms with E-state index in [-0.39, 0.29) is 5.82 Å². The second-order valence-corrected chi connectivity index (χ2v) is 8.81. The van der Waals surface area contributed by atoms with Gasteiger partial charge in [-0.05, 0) is 63.8 Å². The van der Waals surface area contributed by atoms with Gasteiger partial charge < -0.3 is 14.8 Å². The molecule has 10 nitrogen and oxygen atoms in total. The van der Waals surface area contributed by atoms with Gasteiger partial charge in [0.15, 0.2) is 11.6 Å². The fraction of sp³-hybridized carbons (Fsp3) is 0.320. The van der Waals surface area contributed by atoms with Gasteiger partial charge in [-0.25, -0.2) is 28.5 Å². The molecule has 5 rings (SSSR count). The fourth-order valence-electron chi connectivity index (χ4n) is 4.05. The van der Waals surface area contributed by atoms with Gasteiger partial charge in [0.25, 0.3) is 0 Å². The van der Waals surface area contributed by atoms with Crippen molar-refractivity contribution in [2.75, 3.05) is 12.4 Å². The Bertz CT molecular complexity index is 1420. The third-order valence-corrected chi connectivity index (χ3v) is 6.13. The average Bonchev–Trinajstić information content (AvgIpc) is 3.59. The van der Waals surface area contributed by atoms with Crippen molar-refractivity contribution in [3.05, 3.63) is 59.4 Å². The Hall–Kier alpha value is -4.28. The van der Waals surface area contributed by atoms with Crippen LogP contribution in [-0.2, 0) is 11.3 Å². The van der Waals surface area contributed by atoms with Gasteiger partial charge in [0.05, 0.1) is 18.5 Å². The minimum atomic E-state index is -0.817. The normalized spacial score (nSPS) is 13.0. The molecule has 0 saturated heterocycles. The molecular formula is C25H26FN7O3. The summed E-state index contributed by atoms with van der Waals surface area (Å²) in [6.07, 6.45) is 2.97. The lowest BCUT2D eigenvalue weighted by molar-refractivity contribution is 0.121. The predicted molar refractivity (Wildman–Crippen MR) is 130 cm³/mol. The maximum atomic E-state index is 13.5. The number of halogens is 1. The summed E-state index contributed by atoms with van der Waals surface area (Å²) in [5.41, 5.74) is 3.68. The van der Waals surface area contributed by atoms with E-state index in [1.807, 2.05) is 11.6 Å². The molecule has 1 aliphatic rings. The molecule has 0 amide bonds. The Labute approximate surface area is 207 Å². The van der Waals surface area contributed by atoms with Crippen molar-refractivity contribution < 1.29 is 18.7 Å². The van der Waals surface area contributed by atoms with Gasteiger partial charge in [-0.3, -0.25) is 0 Å². The van der Waals surface area contributed by atoms with E-state index in [0.717, 1.165) is 29.2 Å². The highest BCUT2D eigenvalue weighted by Gasteiger charge is 2.26. The standard InChI is InChI=1S/C25H26FN7O3/c1-14-22(18-7-9-19(26)10-8-18)31-32(12-17-5-6-17)24(14)29-20-11-21(28-13-27-20)33-16(3)23(15(2)30-33)36-25(34)35-4/h7-11,13,17H,5-6,12H2,1-4H3,(H,27,28,29). The van der Waals surface area contributed by atoms with Crippen LogP contribution in [0.1, 0.15) is 29.8 Å². The largest absolute Gasteiger partial charge is 0.513 e. The molecule has 186 valence electrons. The van der Waals surface area contributed by atoms with E-state index in [9.17, 15) is 9.18 Å². The van der Waals surface area contributed by atoms with Crippen LogP contribution in [0.25, 0.3) is 17.1 Å². The Morgan fingerprint density at radius 2 is 1.89 bits per heavy atom. The number of hydrogen-bond donors (Lipinski definition) is 1. The molecule has 1 saturated carbocycles. The van der Waals surface area contributed by atoms with Crippen molar-refractivity contribution in [1.82, 2.24) is 29.5 Å². The molecule has 0 unspecified atom stereocenters. The van der Waals surface area contributed by atoms with Gasteiger partial charge in [0.2, 0.25) is 0 Å². The smallest absolute Gasteiger partial charge is 0.437 e. The van der Waals surface area contributed by atoms with Gasteiger partial charge in [-0.15, -0.1) is 0 Å². The fourth-order valence-corrected chi connectivity index (χ4v) is 4.05. The molecule has 0 atom stereocenters. The van der Waals surface area contributed by atoms with E-state index in [2.05, 4.69) is 25.1 Å². The lowest BCUT2D eigenvalue weighted by Gasteiger charge is -2.11. The van der Waals surface area contributed by atoms with Gasteiger partial charge >= 0.3 is 6.16 Å². The van der Waals surface area contributed by atoms with Crippen molar-refractivity contribution in [1.29, 1.82) is 0 Å². The molecule has 3 heterocycles. The highest BCUT2D eigenvalue weighted by Crippen LogP contribution is 2.35. The van der Waals surface area contributed by atoms with Crippen LogP contribution in [0.15, 0.2) is 36.7 Å². The van der Waals surface area contributed by atoms with Crippen molar-refractivity contribution >= 4 is 17.8 Å². The SMILES string of the molecule is COC(=O)Oc1c(C)nn(-c2cc(Nc3c(C)c(-c4ccc(F)cc4)nn3CC3CC3)ncn2)c1C. The minimum absolute atomic E-state index is 0.287. The summed E-state index contributed by atoms with van der Waals surface area (Å²) in [6.45, 7) is 6.28. The van der Waals surface area contributed by atoms with Crippen LogP contribution in [0.5, 0.6) is 5.75 Å². The van der Waals surface area contributed by atoms with Crippen molar-refractivity contribution in [3.8, 4) is 22.8 Å². The quantitative estimate of drug-likeness (QED) is 0.364. The molecule has 0 bridgehead atoms. The molecule has 4 aromatic rings. The average molecular weight is 492 g/mol. The molecule has 3 aromatic heterocycles. The van der Waals surface area contributed by atoms with Gasteiger partial charge in [-0.2, -0.15) is 10.2 Å². The summed E-state index contributed by atoms with van der Waals surface area (Å²) in [5, 5.41) is 12.7. The molecule has 1 aromatic carbocycles. The number of carbonyl (C=O) groups is 1. The van der Waals surface area contributed by atoms with Crippen LogP contribution in [-0.4, -0.2) is 42.8 Å². The first-order valence-electron chi connectivity index (χ1n) is 11.6. The number of anilines is 2. The topological polar surface area (TPSA) is 109 Å². The third kappa shape index (κ3) is 4.64. The molecule has 1 aliphatic carbocycles. The Balaban J connectivity index is 1.48. The number of ether oxygens (including phenoxy) is 2.